The molecule has 0 unspecified atom stereocenters. The van der Waals surface area contributed by atoms with Crippen LogP contribution in [-0.2, 0) is 6.42 Å². The summed E-state index contributed by atoms with van der Waals surface area (Å²) in [4.78, 5) is 14.3. The van der Waals surface area contributed by atoms with E-state index in [1.165, 1.54) is 16.2 Å². The number of carbonyl (C=O) groups excluding carboxylic acids is 1. The molecule has 0 atom stereocenters. The number of carbonyl (C=O) groups is 1. The highest BCUT2D eigenvalue weighted by Gasteiger charge is 2.09. The number of thiocarbonyl (C=S) groups is 1. The first-order chi connectivity index (χ1) is 10.1. The second-order valence-electron chi connectivity index (χ2n) is 4.36. The van der Waals surface area contributed by atoms with Crippen molar-refractivity contribution < 1.29 is 9.53 Å². The highest BCUT2D eigenvalue weighted by molar-refractivity contribution is 7.80. The van der Waals surface area contributed by atoms with E-state index < -0.39 is 0 Å². The average Bonchev–Trinajstić information content (AvgIpc) is 2.94. The van der Waals surface area contributed by atoms with Crippen molar-refractivity contribution in [3.8, 4) is 5.75 Å². The van der Waals surface area contributed by atoms with Crippen molar-refractivity contribution in [1.29, 1.82) is 0 Å². The van der Waals surface area contributed by atoms with Crippen LogP contribution < -0.4 is 15.8 Å². The van der Waals surface area contributed by atoms with Crippen LogP contribution >= 0.6 is 23.6 Å². The summed E-state index contributed by atoms with van der Waals surface area (Å²) >= 11 is 6.26. The van der Waals surface area contributed by atoms with E-state index in [9.17, 15) is 4.79 Å². The van der Waals surface area contributed by atoms with Crippen molar-refractivity contribution in [2.45, 2.75) is 13.3 Å². The molecule has 0 bridgehead atoms. The van der Waals surface area contributed by atoms with Crippen molar-refractivity contribution >= 4 is 40.1 Å². The normalized spacial score (nSPS) is 10.1. The minimum absolute atomic E-state index is 0.119. The summed E-state index contributed by atoms with van der Waals surface area (Å²) in [6.45, 7) is 2.24. The van der Waals surface area contributed by atoms with Crippen LogP contribution in [0.1, 0.15) is 21.5 Å². The predicted molar refractivity (Wildman–Crippen MR) is 90.4 cm³/mol. The average molecular weight is 320 g/mol. The first kappa shape index (κ1) is 15.5. The number of thiophene rings is 1. The number of hydrogen-bond donors (Lipinski definition) is 2. The smallest absolute Gasteiger partial charge is 0.265 e. The number of benzene rings is 1. The van der Waals surface area contributed by atoms with Crippen LogP contribution in [0.2, 0.25) is 0 Å². The molecule has 2 aromatic rings. The second kappa shape index (κ2) is 7.19. The Morgan fingerprint density at radius 1 is 1.38 bits per heavy atom. The second-order valence-corrected chi connectivity index (χ2v) is 6.05. The van der Waals surface area contributed by atoms with Gasteiger partial charge in [0.25, 0.3) is 5.91 Å². The molecular formula is C15H16N2O2S2. The Morgan fingerprint density at radius 2 is 2.19 bits per heavy atom. The number of aryl methyl sites for hydroxylation is 1. The lowest BCUT2D eigenvalue weighted by Crippen LogP contribution is -2.18. The van der Waals surface area contributed by atoms with Crippen molar-refractivity contribution in [2.75, 3.05) is 11.9 Å². The molecule has 21 heavy (non-hydrogen) atoms. The zero-order chi connectivity index (χ0) is 15.2. The minimum Gasteiger partial charge on any atom is -0.486 e. The molecule has 1 amide bonds. The molecule has 0 saturated carbocycles. The lowest BCUT2D eigenvalue weighted by atomic mass is 10.3. The molecule has 1 aromatic carbocycles. The van der Waals surface area contributed by atoms with E-state index in [0.29, 0.717) is 16.3 Å². The minimum atomic E-state index is -0.119. The molecule has 0 aliphatic rings. The summed E-state index contributed by atoms with van der Waals surface area (Å²) in [5, 5.41) is 2.85. The van der Waals surface area contributed by atoms with Crippen LogP contribution in [0.5, 0.6) is 5.75 Å². The number of anilines is 1. The van der Waals surface area contributed by atoms with Crippen LogP contribution in [0.25, 0.3) is 0 Å². The van der Waals surface area contributed by atoms with Gasteiger partial charge in [-0.2, -0.15) is 0 Å². The van der Waals surface area contributed by atoms with Gasteiger partial charge < -0.3 is 15.8 Å². The maximum absolute atomic E-state index is 12.1. The molecule has 6 heteroatoms. The Morgan fingerprint density at radius 3 is 2.86 bits per heavy atom. The van der Waals surface area contributed by atoms with Gasteiger partial charge in [0.1, 0.15) is 17.3 Å². The van der Waals surface area contributed by atoms with E-state index in [2.05, 4.69) is 12.2 Å². The number of ether oxygens (including phenoxy) is 1. The number of nitrogens with two attached hydrogens (primary N) is 1. The summed E-state index contributed by atoms with van der Waals surface area (Å²) in [6, 6.07) is 10.9. The van der Waals surface area contributed by atoms with Crippen LogP contribution in [0.3, 0.4) is 0 Å². The fraction of sp³-hybridized carbons (Fsp3) is 0.200. The van der Waals surface area contributed by atoms with Gasteiger partial charge in [0, 0.05) is 16.6 Å². The molecule has 1 aromatic heterocycles. The van der Waals surface area contributed by atoms with E-state index >= 15 is 0 Å². The van der Waals surface area contributed by atoms with Crippen LogP contribution in [0.4, 0.5) is 5.69 Å². The Labute approximate surface area is 132 Å². The van der Waals surface area contributed by atoms with Crippen LogP contribution in [-0.4, -0.2) is 17.5 Å². The van der Waals surface area contributed by atoms with Crippen molar-refractivity contribution in [3.05, 3.63) is 46.2 Å². The number of amides is 1. The molecule has 0 aliphatic heterocycles. The lowest BCUT2D eigenvalue weighted by molar-refractivity contribution is 0.103. The van der Waals surface area contributed by atoms with E-state index in [1.807, 2.05) is 12.1 Å². The zero-order valence-corrected chi connectivity index (χ0v) is 13.2. The van der Waals surface area contributed by atoms with Crippen molar-refractivity contribution in [1.82, 2.24) is 0 Å². The maximum Gasteiger partial charge on any atom is 0.265 e. The third-order valence-corrected chi connectivity index (χ3v) is 4.05. The number of nitrogens with one attached hydrogen (secondary N) is 1. The van der Waals surface area contributed by atoms with Crippen molar-refractivity contribution in [2.24, 2.45) is 5.73 Å². The molecule has 3 N–H and O–H groups in total. The molecule has 0 fully saturated rings. The Kier molecular flexibility index (Phi) is 5.30. The van der Waals surface area contributed by atoms with Gasteiger partial charge in [0.15, 0.2) is 0 Å². The van der Waals surface area contributed by atoms with E-state index in [1.54, 1.807) is 24.3 Å². The molecule has 0 spiro atoms. The molecule has 4 nitrogen and oxygen atoms in total. The Bertz CT molecular complexity index is 653. The first-order valence-electron chi connectivity index (χ1n) is 6.49. The molecule has 1 heterocycles. The van der Waals surface area contributed by atoms with Gasteiger partial charge in [-0.05, 0) is 30.7 Å². The lowest BCUT2D eigenvalue weighted by Gasteiger charge is -2.08. The summed E-state index contributed by atoms with van der Waals surface area (Å²) in [7, 11) is 0. The topological polar surface area (TPSA) is 64.3 Å². The summed E-state index contributed by atoms with van der Waals surface area (Å²) < 4.78 is 5.40. The van der Waals surface area contributed by atoms with Gasteiger partial charge in [-0.25, -0.2) is 0 Å². The highest BCUT2D eigenvalue weighted by atomic mass is 32.1. The largest absolute Gasteiger partial charge is 0.486 e. The van der Waals surface area contributed by atoms with E-state index in [4.69, 9.17) is 22.7 Å². The molecule has 110 valence electrons. The fourth-order valence-corrected chi connectivity index (χ4v) is 2.60. The van der Waals surface area contributed by atoms with E-state index in [-0.39, 0.29) is 17.5 Å². The zero-order valence-electron chi connectivity index (χ0n) is 11.6. The summed E-state index contributed by atoms with van der Waals surface area (Å²) in [5.41, 5.74) is 6.06. The first-order valence-corrected chi connectivity index (χ1v) is 7.72. The maximum atomic E-state index is 12.1. The third-order valence-electron chi connectivity index (χ3n) is 2.71. The Balaban J connectivity index is 2.03. The molecule has 2 rings (SSSR count). The molecule has 0 aliphatic carbocycles. The standard InChI is InChI=1S/C15H16N2O2S2/c1-2-12-6-7-13(21-12)15(18)17-10-4-3-5-11(8-10)19-9-14(16)20/h3-8H,2,9H2,1H3,(H2,16,20)(H,17,18). The quantitative estimate of drug-likeness (QED) is 0.802. The van der Waals surface area contributed by atoms with Gasteiger partial charge in [-0.1, -0.05) is 25.2 Å². The third kappa shape index (κ3) is 4.54. The molecule has 0 radical (unpaired) electrons. The number of rotatable bonds is 6. The predicted octanol–water partition coefficient (Wildman–Crippen LogP) is 3.23. The van der Waals surface area contributed by atoms with Gasteiger partial charge in [-0.3, -0.25) is 4.79 Å². The fourth-order valence-electron chi connectivity index (χ4n) is 1.70. The van der Waals surface area contributed by atoms with Gasteiger partial charge in [-0.15, -0.1) is 11.3 Å². The molecular weight excluding hydrogens is 304 g/mol. The molecule has 0 saturated heterocycles. The summed E-state index contributed by atoms with van der Waals surface area (Å²) in [6.07, 6.45) is 0.931. The van der Waals surface area contributed by atoms with Gasteiger partial charge >= 0.3 is 0 Å². The van der Waals surface area contributed by atoms with Crippen LogP contribution in [0, 0.1) is 0 Å². The highest BCUT2D eigenvalue weighted by Crippen LogP contribution is 2.21. The van der Waals surface area contributed by atoms with Gasteiger partial charge in [0.2, 0.25) is 0 Å². The Hall–Kier alpha value is -1.92. The SMILES string of the molecule is CCc1ccc(C(=O)Nc2cccc(OCC(N)=S)c2)s1. The van der Waals surface area contributed by atoms with Gasteiger partial charge in [0.05, 0.1) is 4.88 Å². The summed E-state index contributed by atoms with van der Waals surface area (Å²) in [5.74, 6) is 0.493. The van der Waals surface area contributed by atoms with Crippen molar-refractivity contribution in [3.63, 3.8) is 0 Å². The van der Waals surface area contributed by atoms with E-state index in [0.717, 1.165) is 6.42 Å². The van der Waals surface area contributed by atoms with Crippen LogP contribution in [0.15, 0.2) is 36.4 Å². The monoisotopic (exact) mass is 320 g/mol. The number of hydrogen-bond acceptors (Lipinski definition) is 4.